The maximum atomic E-state index is 13.4. The van der Waals surface area contributed by atoms with Crippen LogP contribution in [-0.2, 0) is 14.8 Å². The van der Waals surface area contributed by atoms with Gasteiger partial charge in [0.2, 0.25) is 5.91 Å². The van der Waals surface area contributed by atoms with Gasteiger partial charge in [-0.25, -0.2) is 8.42 Å². The summed E-state index contributed by atoms with van der Waals surface area (Å²) in [6.07, 6.45) is 0. The van der Waals surface area contributed by atoms with Gasteiger partial charge in [-0.1, -0.05) is 35.9 Å². The molecule has 0 heterocycles. The smallest absolute Gasteiger partial charge is 0.264 e. The zero-order valence-electron chi connectivity index (χ0n) is 17.4. The number of methoxy groups -OCH3 is 1. The van der Waals surface area contributed by atoms with Crippen molar-refractivity contribution in [3.8, 4) is 5.75 Å². The third-order valence-electron chi connectivity index (χ3n) is 4.82. The van der Waals surface area contributed by atoms with Crippen LogP contribution in [0.15, 0.2) is 71.6 Å². The summed E-state index contributed by atoms with van der Waals surface area (Å²) in [6.45, 7) is 3.45. The fourth-order valence-corrected chi connectivity index (χ4v) is 4.64. The SMILES string of the molecule is COc1ccc(Cl)cc1N(CC(=O)Nc1ccc(C)c(C)c1)S(=O)(=O)c1ccccc1. The Morgan fingerprint density at radius 3 is 2.35 bits per heavy atom. The quantitative estimate of drug-likeness (QED) is 0.551. The Morgan fingerprint density at radius 1 is 1.00 bits per heavy atom. The molecule has 0 aliphatic carbocycles. The monoisotopic (exact) mass is 458 g/mol. The molecular formula is C23H23ClN2O4S. The van der Waals surface area contributed by atoms with Gasteiger partial charge in [0.05, 0.1) is 17.7 Å². The summed E-state index contributed by atoms with van der Waals surface area (Å²) in [5.41, 5.74) is 2.87. The molecule has 3 aromatic rings. The fourth-order valence-electron chi connectivity index (χ4n) is 3.03. The van der Waals surface area contributed by atoms with Crippen LogP contribution in [0.2, 0.25) is 5.02 Å². The summed E-state index contributed by atoms with van der Waals surface area (Å²) in [6, 6.07) is 18.0. The molecule has 1 amide bonds. The van der Waals surface area contributed by atoms with Crippen molar-refractivity contribution in [1.29, 1.82) is 0 Å². The molecule has 0 saturated carbocycles. The predicted octanol–water partition coefficient (Wildman–Crippen LogP) is 4.80. The summed E-state index contributed by atoms with van der Waals surface area (Å²) in [7, 11) is -2.65. The predicted molar refractivity (Wildman–Crippen MR) is 124 cm³/mol. The van der Waals surface area contributed by atoms with Crippen molar-refractivity contribution in [2.45, 2.75) is 18.7 Å². The molecule has 8 heteroatoms. The van der Waals surface area contributed by atoms with Gasteiger partial charge in [-0.2, -0.15) is 0 Å². The van der Waals surface area contributed by atoms with Crippen LogP contribution in [0, 0.1) is 13.8 Å². The van der Waals surface area contributed by atoms with E-state index in [1.165, 1.54) is 25.3 Å². The molecular weight excluding hydrogens is 436 g/mol. The second-order valence-corrected chi connectivity index (χ2v) is 9.29. The van der Waals surface area contributed by atoms with Crippen LogP contribution in [0.4, 0.5) is 11.4 Å². The number of aryl methyl sites for hydroxylation is 2. The molecule has 0 radical (unpaired) electrons. The number of rotatable bonds is 7. The first kappa shape index (κ1) is 22.7. The number of nitrogens with zero attached hydrogens (tertiary/aromatic N) is 1. The number of anilines is 2. The van der Waals surface area contributed by atoms with Gasteiger partial charge in [-0.15, -0.1) is 0 Å². The van der Waals surface area contributed by atoms with E-state index in [-0.39, 0.29) is 16.3 Å². The highest BCUT2D eigenvalue weighted by atomic mass is 35.5. The molecule has 31 heavy (non-hydrogen) atoms. The second kappa shape index (κ2) is 9.41. The average Bonchev–Trinajstić information content (AvgIpc) is 2.75. The van der Waals surface area contributed by atoms with E-state index in [4.69, 9.17) is 16.3 Å². The van der Waals surface area contributed by atoms with Crippen LogP contribution in [0.3, 0.4) is 0 Å². The number of hydrogen-bond acceptors (Lipinski definition) is 4. The van der Waals surface area contributed by atoms with Crippen LogP contribution in [0.1, 0.15) is 11.1 Å². The molecule has 0 aromatic heterocycles. The number of sulfonamides is 1. The Labute approximate surface area is 187 Å². The first-order chi connectivity index (χ1) is 14.7. The lowest BCUT2D eigenvalue weighted by molar-refractivity contribution is -0.114. The van der Waals surface area contributed by atoms with Crippen LogP contribution < -0.4 is 14.4 Å². The van der Waals surface area contributed by atoms with Gasteiger partial charge in [-0.05, 0) is 67.4 Å². The van der Waals surface area contributed by atoms with E-state index in [9.17, 15) is 13.2 Å². The Morgan fingerprint density at radius 2 is 1.71 bits per heavy atom. The van der Waals surface area contributed by atoms with Crippen molar-refractivity contribution < 1.29 is 17.9 Å². The Hall–Kier alpha value is -3.03. The number of carbonyl (C=O) groups is 1. The summed E-state index contributed by atoms with van der Waals surface area (Å²) in [4.78, 5) is 12.9. The number of hydrogen-bond donors (Lipinski definition) is 1. The first-order valence-electron chi connectivity index (χ1n) is 9.51. The van der Waals surface area contributed by atoms with Crippen LogP contribution in [-0.4, -0.2) is 28.0 Å². The number of ether oxygens (including phenoxy) is 1. The van der Waals surface area contributed by atoms with E-state index in [1.54, 1.807) is 36.4 Å². The van der Waals surface area contributed by atoms with Gasteiger partial charge in [0.15, 0.2) is 0 Å². The summed E-state index contributed by atoms with van der Waals surface area (Å²) >= 11 is 6.13. The lowest BCUT2D eigenvalue weighted by Gasteiger charge is -2.26. The van der Waals surface area contributed by atoms with Gasteiger partial charge >= 0.3 is 0 Å². The van der Waals surface area contributed by atoms with Crippen molar-refractivity contribution in [3.63, 3.8) is 0 Å². The molecule has 162 valence electrons. The largest absolute Gasteiger partial charge is 0.495 e. The topological polar surface area (TPSA) is 75.7 Å². The number of halogens is 1. The molecule has 6 nitrogen and oxygen atoms in total. The first-order valence-corrected chi connectivity index (χ1v) is 11.3. The van der Waals surface area contributed by atoms with Gasteiger partial charge in [0, 0.05) is 10.7 Å². The Bertz CT molecular complexity index is 1200. The molecule has 0 fully saturated rings. The highest BCUT2D eigenvalue weighted by Gasteiger charge is 2.29. The van der Waals surface area contributed by atoms with E-state index in [0.717, 1.165) is 15.4 Å². The molecule has 3 rings (SSSR count). The summed E-state index contributed by atoms with van der Waals surface area (Å²) in [5.74, 6) is -0.215. The van der Waals surface area contributed by atoms with Gasteiger partial charge < -0.3 is 10.1 Å². The zero-order chi connectivity index (χ0) is 22.6. The molecule has 0 bridgehead atoms. The molecule has 0 saturated heterocycles. The van der Waals surface area contributed by atoms with E-state index >= 15 is 0 Å². The van der Waals surface area contributed by atoms with Crippen molar-refractivity contribution in [3.05, 3.63) is 82.9 Å². The van der Waals surface area contributed by atoms with Gasteiger partial charge in [-0.3, -0.25) is 9.10 Å². The maximum absolute atomic E-state index is 13.4. The van der Waals surface area contributed by atoms with Crippen molar-refractivity contribution in [2.24, 2.45) is 0 Å². The average molecular weight is 459 g/mol. The molecule has 1 N–H and O–H groups in total. The molecule has 0 aliphatic rings. The summed E-state index contributed by atoms with van der Waals surface area (Å²) in [5, 5.41) is 3.09. The molecule has 0 aliphatic heterocycles. The minimum Gasteiger partial charge on any atom is -0.495 e. The van der Waals surface area contributed by atoms with Gasteiger partial charge in [0.1, 0.15) is 12.3 Å². The van der Waals surface area contributed by atoms with Crippen LogP contribution in [0.25, 0.3) is 0 Å². The van der Waals surface area contributed by atoms with E-state index in [0.29, 0.717) is 10.7 Å². The zero-order valence-corrected chi connectivity index (χ0v) is 19.0. The van der Waals surface area contributed by atoms with Crippen LogP contribution in [0.5, 0.6) is 5.75 Å². The Balaban J connectivity index is 2.01. The number of benzene rings is 3. The minimum atomic E-state index is -4.07. The van der Waals surface area contributed by atoms with E-state index < -0.39 is 22.5 Å². The second-order valence-electron chi connectivity index (χ2n) is 6.99. The van der Waals surface area contributed by atoms with Crippen molar-refractivity contribution in [1.82, 2.24) is 0 Å². The molecule has 0 spiro atoms. The van der Waals surface area contributed by atoms with Crippen molar-refractivity contribution in [2.75, 3.05) is 23.3 Å². The molecule has 0 atom stereocenters. The minimum absolute atomic E-state index is 0.0519. The highest BCUT2D eigenvalue weighted by Crippen LogP contribution is 2.34. The van der Waals surface area contributed by atoms with E-state index in [1.807, 2.05) is 26.0 Å². The van der Waals surface area contributed by atoms with Crippen LogP contribution >= 0.6 is 11.6 Å². The Kier molecular flexibility index (Phi) is 6.87. The summed E-state index contributed by atoms with van der Waals surface area (Å²) < 4.78 is 33.2. The normalized spacial score (nSPS) is 11.1. The highest BCUT2D eigenvalue weighted by molar-refractivity contribution is 7.92. The number of carbonyl (C=O) groups excluding carboxylic acids is 1. The third-order valence-corrected chi connectivity index (χ3v) is 6.83. The van der Waals surface area contributed by atoms with E-state index in [2.05, 4.69) is 5.32 Å². The molecule has 0 unspecified atom stereocenters. The fraction of sp³-hybridized carbons (Fsp3) is 0.174. The lowest BCUT2D eigenvalue weighted by atomic mass is 10.1. The maximum Gasteiger partial charge on any atom is 0.264 e. The standard InChI is InChI=1S/C23H23ClN2O4S/c1-16-9-11-19(13-17(16)2)25-23(27)15-26(21-14-18(24)10-12-22(21)30-3)31(28,29)20-7-5-4-6-8-20/h4-14H,15H2,1-3H3,(H,25,27). The van der Waals surface area contributed by atoms with Gasteiger partial charge in [0.25, 0.3) is 10.0 Å². The number of amides is 1. The third kappa shape index (κ3) is 5.18. The lowest BCUT2D eigenvalue weighted by Crippen LogP contribution is -2.38. The molecule has 3 aromatic carbocycles. The van der Waals surface area contributed by atoms with Crippen molar-refractivity contribution >= 4 is 38.9 Å². The number of nitrogens with one attached hydrogen (secondary N) is 1.